The van der Waals surface area contributed by atoms with E-state index in [1.165, 1.54) is 22.4 Å². The lowest BCUT2D eigenvalue weighted by molar-refractivity contribution is 0.708. The second-order valence-corrected chi connectivity index (χ2v) is 6.91. The Balaban J connectivity index is 0.00000112. The van der Waals surface area contributed by atoms with Gasteiger partial charge in [0.2, 0.25) is 0 Å². The van der Waals surface area contributed by atoms with Crippen LogP contribution in [0.3, 0.4) is 0 Å². The van der Waals surface area contributed by atoms with E-state index >= 15 is 0 Å². The molecule has 7 heteroatoms. The van der Waals surface area contributed by atoms with Gasteiger partial charge in [0.15, 0.2) is 5.82 Å². The number of pyridine rings is 1. The fourth-order valence-electron chi connectivity index (χ4n) is 3.89. The lowest BCUT2D eigenvalue weighted by atomic mass is 10.1. The highest BCUT2D eigenvalue weighted by Crippen LogP contribution is 2.32. The van der Waals surface area contributed by atoms with Crippen molar-refractivity contribution in [1.82, 2.24) is 20.3 Å². The molecule has 0 spiro atoms. The number of rotatable bonds is 2. The van der Waals surface area contributed by atoms with Gasteiger partial charge in [-0.1, -0.05) is 24.3 Å². The number of halogens is 2. The van der Waals surface area contributed by atoms with Crippen molar-refractivity contribution in [3.63, 3.8) is 0 Å². The van der Waals surface area contributed by atoms with Crippen molar-refractivity contribution in [3.8, 4) is 11.4 Å². The minimum Gasteiger partial charge on any atom is -0.348 e. The number of nitrogens with zero attached hydrogens (tertiary/aromatic N) is 4. The number of benzene rings is 1. The third kappa shape index (κ3) is 3.83. The lowest BCUT2D eigenvalue weighted by Gasteiger charge is -2.22. The van der Waals surface area contributed by atoms with Gasteiger partial charge in [-0.15, -0.1) is 24.8 Å². The maximum atomic E-state index is 5.01. The van der Waals surface area contributed by atoms with E-state index in [2.05, 4.69) is 39.5 Å². The molecule has 1 N–H and O–H groups in total. The third-order valence-electron chi connectivity index (χ3n) is 5.22. The standard InChI is InChI=1S/C21H21N5.2ClH/c1-2-5-17-14-26(13-16(17)4-1)21-18-7-10-22-11-8-19(18)24-20(25-21)15-6-3-9-23-12-15;;/h1-6,9,12,22H,7-8,10-11,13-14H2;2*1H. The van der Waals surface area contributed by atoms with E-state index in [4.69, 9.17) is 9.97 Å². The summed E-state index contributed by atoms with van der Waals surface area (Å²) in [7, 11) is 0. The smallest absolute Gasteiger partial charge is 0.163 e. The van der Waals surface area contributed by atoms with Gasteiger partial charge in [0.25, 0.3) is 0 Å². The molecule has 0 fully saturated rings. The van der Waals surface area contributed by atoms with Gasteiger partial charge in [-0.3, -0.25) is 4.98 Å². The zero-order chi connectivity index (χ0) is 17.3. The molecule has 3 aromatic rings. The van der Waals surface area contributed by atoms with Crippen LogP contribution >= 0.6 is 24.8 Å². The Bertz CT molecular complexity index is 924. The first-order valence-corrected chi connectivity index (χ1v) is 9.21. The van der Waals surface area contributed by atoms with Crippen molar-refractivity contribution in [2.24, 2.45) is 0 Å². The monoisotopic (exact) mass is 415 g/mol. The topological polar surface area (TPSA) is 53.9 Å². The molecule has 0 amide bonds. The largest absolute Gasteiger partial charge is 0.348 e. The molecular formula is C21H23Cl2N5. The van der Waals surface area contributed by atoms with Gasteiger partial charge < -0.3 is 10.2 Å². The summed E-state index contributed by atoms with van der Waals surface area (Å²) < 4.78 is 0. The molecule has 28 heavy (non-hydrogen) atoms. The summed E-state index contributed by atoms with van der Waals surface area (Å²) in [6.45, 7) is 3.78. The molecule has 1 aromatic carbocycles. The van der Waals surface area contributed by atoms with E-state index in [1.807, 2.05) is 18.3 Å². The predicted octanol–water partition coefficient (Wildman–Crippen LogP) is 3.59. The average molecular weight is 416 g/mol. The average Bonchev–Trinajstić information content (AvgIpc) is 2.98. The number of hydrogen-bond acceptors (Lipinski definition) is 5. The predicted molar refractivity (Wildman–Crippen MR) is 116 cm³/mol. The molecule has 2 aromatic heterocycles. The minimum atomic E-state index is 0. The van der Waals surface area contributed by atoms with Gasteiger partial charge in [0.05, 0.1) is 5.69 Å². The second kappa shape index (κ2) is 8.86. The molecule has 0 atom stereocenters. The van der Waals surface area contributed by atoms with E-state index in [9.17, 15) is 0 Å². The molecule has 4 heterocycles. The number of hydrogen-bond donors (Lipinski definition) is 1. The Kier molecular flexibility index (Phi) is 6.50. The molecule has 0 radical (unpaired) electrons. The molecule has 0 unspecified atom stereocenters. The molecule has 5 rings (SSSR count). The summed E-state index contributed by atoms with van der Waals surface area (Å²) in [5, 5.41) is 3.49. The van der Waals surface area contributed by atoms with Gasteiger partial charge in [-0.2, -0.15) is 0 Å². The quantitative estimate of drug-likeness (QED) is 0.692. The van der Waals surface area contributed by atoms with Crippen LogP contribution in [0.4, 0.5) is 5.82 Å². The zero-order valence-electron chi connectivity index (χ0n) is 15.5. The molecule has 0 saturated carbocycles. The van der Waals surface area contributed by atoms with E-state index in [-0.39, 0.29) is 24.8 Å². The van der Waals surface area contributed by atoms with E-state index in [1.54, 1.807) is 6.20 Å². The van der Waals surface area contributed by atoms with Crippen LogP contribution < -0.4 is 10.2 Å². The van der Waals surface area contributed by atoms with E-state index < -0.39 is 0 Å². The molecule has 0 bridgehead atoms. The second-order valence-electron chi connectivity index (χ2n) is 6.91. The first-order valence-electron chi connectivity index (χ1n) is 9.21. The highest BCUT2D eigenvalue weighted by atomic mass is 35.5. The first kappa shape index (κ1) is 20.5. The summed E-state index contributed by atoms with van der Waals surface area (Å²) in [6, 6.07) is 12.7. The maximum absolute atomic E-state index is 5.01. The van der Waals surface area contributed by atoms with Crippen molar-refractivity contribution < 1.29 is 0 Å². The van der Waals surface area contributed by atoms with Gasteiger partial charge in [0, 0.05) is 49.6 Å². The van der Waals surface area contributed by atoms with Crippen LogP contribution in [0.25, 0.3) is 11.4 Å². The van der Waals surface area contributed by atoms with Crippen LogP contribution in [0.1, 0.15) is 22.4 Å². The van der Waals surface area contributed by atoms with Crippen LogP contribution in [0.15, 0.2) is 48.8 Å². The van der Waals surface area contributed by atoms with Crippen LogP contribution in [0.5, 0.6) is 0 Å². The summed E-state index contributed by atoms with van der Waals surface area (Å²) in [6.07, 6.45) is 5.55. The summed E-state index contributed by atoms with van der Waals surface area (Å²) in [5.41, 5.74) is 6.25. The Morgan fingerprint density at radius 1 is 0.857 bits per heavy atom. The number of nitrogens with one attached hydrogen (secondary N) is 1. The minimum absolute atomic E-state index is 0. The number of fused-ring (bicyclic) bond motifs is 2. The Labute approximate surface area is 177 Å². The Hall–Kier alpha value is -2.21. The Morgan fingerprint density at radius 3 is 2.32 bits per heavy atom. The van der Waals surface area contributed by atoms with Crippen molar-refractivity contribution in [1.29, 1.82) is 0 Å². The SMILES string of the molecule is Cl.Cl.c1cncc(-c2nc3c(c(N4Cc5ccccc5C4)n2)CCNCC3)c1. The summed E-state index contributed by atoms with van der Waals surface area (Å²) >= 11 is 0. The Morgan fingerprint density at radius 2 is 1.61 bits per heavy atom. The van der Waals surface area contributed by atoms with Crippen LogP contribution in [-0.4, -0.2) is 28.0 Å². The van der Waals surface area contributed by atoms with Crippen LogP contribution in [0, 0.1) is 0 Å². The highest BCUT2D eigenvalue weighted by Gasteiger charge is 2.25. The number of aromatic nitrogens is 3. The highest BCUT2D eigenvalue weighted by molar-refractivity contribution is 5.85. The van der Waals surface area contributed by atoms with Crippen molar-refractivity contribution >= 4 is 30.6 Å². The molecule has 2 aliphatic rings. The summed E-state index contributed by atoms with van der Waals surface area (Å²) in [4.78, 5) is 16.6. The maximum Gasteiger partial charge on any atom is 0.163 e. The fraction of sp³-hybridized carbons (Fsp3) is 0.286. The summed E-state index contributed by atoms with van der Waals surface area (Å²) in [5.74, 6) is 1.87. The fourth-order valence-corrected chi connectivity index (χ4v) is 3.89. The van der Waals surface area contributed by atoms with Crippen LogP contribution in [0.2, 0.25) is 0 Å². The van der Waals surface area contributed by atoms with E-state index in [0.29, 0.717) is 0 Å². The van der Waals surface area contributed by atoms with Crippen LogP contribution in [-0.2, 0) is 25.9 Å². The number of anilines is 1. The van der Waals surface area contributed by atoms with Gasteiger partial charge >= 0.3 is 0 Å². The normalized spacial score (nSPS) is 14.9. The van der Waals surface area contributed by atoms with Crippen molar-refractivity contribution in [3.05, 3.63) is 71.2 Å². The van der Waals surface area contributed by atoms with E-state index in [0.717, 1.165) is 56.2 Å². The third-order valence-corrected chi connectivity index (χ3v) is 5.22. The van der Waals surface area contributed by atoms with Gasteiger partial charge in [-0.05, 0) is 36.2 Å². The molecule has 0 aliphatic carbocycles. The molecule has 146 valence electrons. The van der Waals surface area contributed by atoms with Crippen molar-refractivity contribution in [2.75, 3.05) is 18.0 Å². The van der Waals surface area contributed by atoms with Gasteiger partial charge in [0.1, 0.15) is 5.82 Å². The lowest BCUT2D eigenvalue weighted by Crippen LogP contribution is -2.20. The zero-order valence-corrected chi connectivity index (χ0v) is 17.1. The molecule has 0 saturated heterocycles. The van der Waals surface area contributed by atoms with Crippen molar-refractivity contribution in [2.45, 2.75) is 25.9 Å². The molecule has 2 aliphatic heterocycles. The first-order chi connectivity index (χ1) is 12.9. The van der Waals surface area contributed by atoms with Gasteiger partial charge in [-0.25, -0.2) is 9.97 Å². The molecular weight excluding hydrogens is 393 g/mol. The molecule has 5 nitrogen and oxygen atoms in total.